The molecule has 1 atom stereocenters. The second-order valence-corrected chi connectivity index (χ2v) is 9.47. The third-order valence-electron chi connectivity index (χ3n) is 7.28. The Labute approximate surface area is 195 Å². The maximum Gasteiger partial charge on any atom is 0.236 e. The van der Waals surface area contributed by atoms with Gasteiger partial charge in [-0.25, -0.2) is 9.97 Å². The average Bonchev–Trinajstić information content (AvgIpc) is 2.78. The number of carbonyl (C=O) groups is 2. The lowest BCUT2D eigenvalue weighted by Crippen LogP contribution is -2.49. The van der Waals surface area contributed by atoms with Crippen molar-refractivity contribution in [1.82, 2.24) is 19.8 Å². The summed E-state index contributed by atoms with van der Waals surface area (Å²) >= 11 is 0. The van der Waals surface area contributed by atoms with Crippen molar-refractivity contribution in [3.63, 3.8) is 0 Å². The molecule has 0 bridgehead atoms. The zero-order valence-electron chi connectivity index (χ0n) is 19.5. The molecule has 5 rings (SSSR count). The van der Waals surface area contributed by atoms with Gasteiger partial charge >= 0.3 is 0 Å². The number of anilines is 1. The van der Waals surface area contributed by atoms with Crippen molar-refractivity contribution < 1.29 is 9.59 Å². The Balaban J connectivity index is 1.40. The first-order valence-corrected chi connectivity index (χ1v) is 12.3. The lowest BCUT2D eigenvalue weighted by atomic mass is 9.99. The molecule has 0 spiro atoms. The van der Waals surface area contributed by atoms with Gasteiger partial charge in [0.25, 0.3) is 0 Å². The summed E-state index contributed by atoms with van der Waals surface area (Å²) in [6.07, 6.45) is 6.25. The highest BCUT2D eigenvalue weighted by Crippen LogP contribution is 2.34. The van der Waals surface area contributed by atoms with E-state index in [0.717, 1.165) is 74.6 Å². The normalized spacial score (nSPS) is 21.0. The second kappa shape index (κ2) is 9.59. The molecule has 0 unspecified atom stereocenters. The first kappa shape index (κ1) is 22.0. The number of rotatable bonds is 6. The molecule has 174 valence electrons. The quantitative estimate of drug-likeness (QED) is 0.681. The van der Waals surface area contributed by atoms with Crippen molar-refractivity contribution in [3.05, 3.63) is 53.0 Å². The Bertz CT molecular complexity index is 1020. The average molecular weight is 448 g/mol. The van der Waals surface area contributed by atoms with Crippen LogP contribution in [0, 0.1) is 6.92 Å². The van der Waals surface area contributed by atoms with E-state index in [1.807, 2.05) is 34.9 Å². The largest absolute Gasteiger partial charge is 0.341 e. The van der Waals surface area contributed by atoms with Crippen molar-refractivity contribution in [3.8, 4) is 0 Å². The van der Waals surface area contributed by atoms with Crippen LogP contribution < -0.4 is 4.90 Å². The first-order chi connectivity index (χ1) is 16.1. The van der Waals surface area contributed by atoms with Gasteiger partial charge in [-0.3, -0.25) is 19.4 Å². The van der Waals surface area contributed by atoms with Gasteiger partial charge in [-0.15, -0.1) is 0 Å². The Morgan fingerprint density at radius 1 is 1.03 bits per heavy atom. The van der Waals surface area contributed by atoms with Gasteiger partial charge in [-0.2, -0.15) is 0 Å². The molecule has 0 aliphatic carbocycles. The van der Waals surface area contributed by atoms with Gasteiger partial charge in [0, 0.05) is 37.3 Å². The number of amides is 2. The molecule has 2 aromatic rings. The van der Waals surface area contributed by atoms with E-state index in [9.17, 15) is 9.59 Å². The number of aromatic nitrogens is 2. The molecular weight excluding hydrogens is 414 g/mol. The van der Waals surface area contributed by atoms with E-state index in [4.69, 9.17) is 9.97 Å². The second-order valence-electron chi connectivity index (χ2n) is 9.47. The Morgan fingerprint density at radius 3 is 2.61 bits per heavy atom. The summed E-state index contributed by atoms with van der Waals surface area (Å²) in [5.74, 6) is 1.89. The number of benzene rings is 1. The van der Waals surface area contributed by atoms with Gasteiger partial charge in [0.15, 0.2) is 0 Å². The number of hydrogen-bond donors (Lipinski definition) is 0. The summed E-state index contributed by atoms with van der Waals surface area (Å²) < 4.78 is 0. The topological polar surface area (TPSA) is 69.6 Å². The molecule has 1 aromatic heterocycles. The summed E-state index contributed by atoms with van der Waals surface area (Å²) in [7, 11) is 0. The van der Waals surface area contributed by atoms with Crippen LogP contribution in [0.4, 0.5) is 5.82 Å². The predicted octanol–water partition coefficient (Wildman–Crippen LogP) is 3.07. The molecule has 0 saturated carbocycles. The van der Waals surface area contributed by atoms with Crippen LogP contribution in [0.25, 0.3) is 0 Å². The molecule has 0 N–H and O–H groups in total. The zero-order chi connectivity index (χ0) is 22.8. The number of nitrogens with zero attached hydrogens (tertiary/aromatic N) is 5. The smallest absolute Gasteiger partial charge is 0.236 e. The van der Waals surface area contributed by atoms with Gasteiger partial charge in [0.1, 0.15) is 11.6 Å². The van der Waals surface area contributed by atoms with Gasteiger partial charge in [0.05, 0.1) is 12.6 Å². The summed E-state index contributed by atoms with van der Waals surface area (Å²) in [5, 5.41) is 0. The van der Waals surface area contributed by atoms with E-state index in [2.05, 4.69) is 17.0 Å². The number of carbonyl (C=O) groups excluding carboxylic acids is 2. The molecular formula is C26H33N5O2. The van der Waals surface area contributed by atoms with Crippen molar-refractivity contribution in [2.24, 2.45) is 0 Å². The van der Waals surface area contributed by atoms with Crippen LogP contribution in [0.5, 0.6) is 0 Å². The standard InChI is InChI=1S/C26H33N5O2/c1-19-21-11-12-23(32)31(17-13-20-8-3-2-4-9-20)26(21)28-25(27-19)22-10-5-6-14-30(22)18-24(33)29-15-7-16-29/h2-4,8-9,22H,5-7,10-18H2,1H3/t22-/m0/s1. The molecule has 2 amide bonds. The number of fused-ring (bicyclic) bond motifs is 1. The minimum absolute atomic E-state index is 0.0287. The van der Waals surface area contributed by atoms with Crippen molar-refractivity contribution in [2.75, 3.05) is 37.6 Å². The van der Waals surface area contributed by atoms with E-state index in [0.29, 0.717) is 25.9 Å². The molecule has 4 heterocycles. The van der Waals surface area contributed by atoms with E-state index in [1.165, 1.54) is 5.56 Å². The SMILES string of the molecule is Cc1nc([C@@H]2CCCCN2CC(=O)N2CCC2)nc2c1CCC(=O)N2CCc1ccccc1. The maximum atomic E-state index is 12.9. The Kier molecular flexibility index (Phi) is 6.40. The lowest BCUT2D eigenvalue weighted by molar-refractivity contribution is -0.136. The highest BCUT2D eigenvalue weighted by atomic mass is 16.2. The third-order valence-corrected chi connectivity index (χ3v) is 7.28. The van der Waals surface area contributed by atoms with Crippen molar-refractivity contribution in [1.29, 1.82) is 0 Å². The van der Waals surface area contributed by atoms with Crippen LogP contribution in [0.15, 0.2) is 30.3 Å². The van der Waals surface area contributed by atoms with E-state index in [-0.39, 0.29) is 17.9 Å². The van der Waals surface area contributed by atoms with Gasteiger partial charge in [0.2, 0.25) is 11.8 Å². The molecule has 1 aromatic carbocycles. The Morgan fingerprint density at radius 2 is 1.85 bits per heavy atom. The molecule has 3 aliphatic heterocycles. The van der Waals surface area contributed by atoms with Crippen LogP contribution in [-0.2, 0) is 22.4 Å². The highest BCUT2D eigenvalue weighted by molar-refractivity contribution is 5.95. The molecule has 33 heavy (non-hydrogen) atoms. The fourth-order valence-electron chi connectivity index (χ4n) is 5.18. The Hall–Kier alpha value is -2.80. The molecule has 7 nitrogen and oxygen atoms in total. The monoisotopic (exact) mass is 447 g/mol. The molecule has 2 saturated heterocycles. The van der Waals surface area contributed by atoms with Crippen LogP contribution in [-0.4, -0.2) is 64.3 Å². The van der Waals surface area contributed by atoms with Crippen LogP contribution in [0.1, 0.15) is 60.8 Å². The zero-order valence-corrected chi connectivity index (χ0v) is 19.5. The predicted molar refractivity (Wildman–Crippen MR) is 127 cm³/mol. The minimum atomic E-state index is 0.0287. The molecule has 7 heteroatoms. The third kappa shape index (κ3) is 4.64. The first-order valence-electron chi connectivity index (χ1n) is 12.3. The minimum Gasteiger partial charge on any atom is -0.341 e. The number of likely N-dealkylation sites (tertiary alicyclic amines) is 2. The summed E-state index contributed by atoms with van der Waals surface area (Å²) in [6.45, 7) is 5.73. The highest BCUT2D eigenvalue weighted by Gasteiger charge is 2.33. The number of piperidine rings is 1. The van der Waals surface area contributed by atoms with E-state index < -0.39 is 0 Å². The molecule has 0 radical (unpaired) electrons. The van der Waals surface area contributed by atoms with E-state index >= 15 is 0 Å². The van der Waals surface area contributed by atoms with Gasteiger partial charge in [-0.1, -0.05) is 36.8 Å². The van der Waals surface area contributed by atoms with Crippen molar-refractivity contribution >= 4 is 17.6 Å². The summed E-state index contributed by atoms with van der Waals surface area (Å²) in [4.78, 5) is 41.6. The van der Waals surface area contributed by atoms with Crippen LogP contribution in [0.3, 0.4) is 0 Å². The van der Waals surface area contributed by atoms with Crippen LogP contribution in [0.2, 0.25) is 0 Å². The number of aryl methyl sites for hydroxylation is 1. The van der Waals surface area contributed by atoms with E-state index in [1.54, 1.807) is 0 Å². The fraction of sp³-hybridized carbons (Fsp3) is 0.538. The lowest BCUT2D eigenvalue weighted by Gasteiger charge is -2.38. The number of hydrogen-bond acceptors (Lipinski definition) is 5. The van der Waals surface area contributed by atoms with Crippen LogP contribution >= 0.6 is 0 Å². The summed E-state index contributed by atoms with van der Waals surface area (Å²) in [5.41, 5.74) is 3.27. The molecule has 3 aliphatic rings. The fourth-order valence-corrected chi connectivity index (χ4v) is 5.18. The maximum absolute atomic E-state index is 12.9. The molecule has 2 fully saturated rings. The summed E-state index contributed by atoms with van der Waals surface area (Å²) in [6, 6.07) is 10.3. The van der Waals surface area contributed by atoms with Gasteiger partial charge < -0.3 is 4.90 Å². The van der Waals surface area contributed by atoms with Crippen molar-refractivity contribution in [2.45, 2.75) is 57.9 Å². The van der Waals surface area contributed by atoms with Gasteiger partial charge in [-0.05, 0) is 51.1 Å².